The van der Waals surface area contributed by atoms with E-state index in [0.29, 0.717) is 12.3 Å². The SMILES string of the molecule is CN1CC[C@@H](CCC(=O)O)C1. The fourth-order valence-corrected chi connectivity index (χ4v) is 1.59. The van der Waals surface area contributed by atoms with Crippen LogP contribution in [0.4, 0.5) is 0 Å². The summed E-state index contributed by atoms with van der Waals surface area (Å²) >= 11 is 0. The molecule has 3 nitrogen and oxygen atoms in total. The van der Waals surface area contributed by atoms with Gasteiger partial charge in [-0.25, -0.2) is 0 Å². The van der Waals surface area contributed by atoms with Crippen LogP contribution < -0.4 is 0 Å². The van der Waals surface area contributed by atoms with Gasteiger partial charge < -0.3 is 10.0 Å². The fourth-order valence-electron chi connectivity index (χ4n) is 1.59. The van der Waals surface area contributed by atoms with Gasteiger partial charge in [0.25, 0.3) is 0 Å². The summed E-state index contributed by atoms with van der Waals surface area (Å²) in [5.41, 5.74) is 0. The Morgan fingerprint density at radius 3 is 2.91 bits per heavy atom. The van der Waals surface area contributed by atoms with Crippen molar-refractivity contribution in [2.45, 2.75) is 19.3 Å². The fraction of sp³-hybridized carbons (Fsp3) is 0.875. The van der Waals surface area contributed by atoms with Crippen LogP contribution in [0, 0.1) is 5.92 Å². The maximum absolute atomic E-state index is 10.2. The molecule has 1 rings (SSSR count). The van der Waals surface area contributed by atoms with Crippen LogP contribution in [-0.2, 0) is 4.79 Å². The van der Waals surface area contributed by atoms with Gasteiger partial charge in [0, 0.05) is 13.0 Å². The van der Waals surface area contributed by atoms with Gasteiger partial charge in [0.1, 0.15) is 0 Å². The molecule has 0 aromatic rings. The predicted octanol–water partition coefficient (Wildman–Crippen LogP) is 0.803. The molecule has 1 heterocycles. The van der Waals surface area contributed by atoms with Gasteiger partial charge in [-0.3, -0.25) is 4.79 Å². The zero-order valence-electron chi connectivity index (χ0n) is 6.92. The molecular weight excluding hydrogens is 142 g/mol. The van der Waals surface area contributed by atoms with E-state index in [-0.39, 0.29) is 0 Å². The van der Waals surface area contributed by atoms with E-state index >= 15 is 0 Å². The normalized spacial score (nSPS) is 25.7. The van der Waals surface area contributed by atoms with Crippen molar-refractivity contribution in [2.24, 2.45) is 5.92 Å². The first kappa shape index (κ1) is 8.53. The number of rotatable bonds is 3. The molecular formula is C8H15NO2. The highest BCUT2D eigenvalue weighted by molar-refractivity contribution is 5.66. The van der Waals surface area contributed by atoms with Crippen molar-refractivity contribution >= 4 is 5.97 Å². The highest BCUT2D eigenvalue weighted by atomic mass is 16.4. The van der Waals surface area contributed by atoms with Crippen LogP contribution in [0.2, 0.25) is 0 Å². The van der Waals surface area contributed by atoms with E-state index in [1.165, 1.54) is 6.42 Å². The average molecular weight is 157 g/mol. The molecule has 1 aliphatic rings. The average Bonchev–Trinajstić information content (AvgIpc) is 2.31. The first-order chi connectivity index (χ1) is 5.18. The summed E-state index contributed by atoms with van der Waals surface area (Å²) in [7, 11) is 2.08. The lowest BCUT2D eigenvalue weighted by Crippen LogP contribution is -2.14. The first-order valence-corrected chi connectivity index (χ1v) is 4.09. The number of carboxylic acids is 1. The second-order valence-electron chi connectivity index (χ2n) is 3.35. The van der Waals surface area contributed by atoms with E-state index < -0.39 is 5.97 Å². The standard InChI is InChI=1S/C8H15NO2/c1-9-5-4-7(6-9)2-3-8(10)11/h7H,2-6H2,1H3,(H,10,11)/t7-/m1/s1. The highest BCUT2D eigenvalue weighted by Crippen LogP contribution is 2.18. The van der Waals surface area contributed by atoms with Crippen molar-refractivity contribution in [2.75, 3.05) is 20.1 Å². The molecule has 0 bridgehead atoms. The molecule has 0 amide bonds. The second kappa shape index (κ2) is 3.72. The van der Waals surface area contributed by atoms with Crippen molar-refractivity contribution < 1.29 is 9.90 Å². The number of aliphatic carboxylic acids is 1. The topological polar surface area (TPSA) is 40.5 Å². The van der Waals surface area contributed by atoms with E-state index in [0.717, 1.165) is 19.5 Å². The van der Waals surface area contributed by atoms with Gasteiger partial charge in [-0.15, -0.1) is 0 Å². The van der Waals surface area contributed by atoms with Gasteiger partial charge in [0.2, 0.25) is 0 Å². The van der Waals surface area contributed by atoms with Crippen LogP contribution in [0.15, 0.2) is 0 Å². The van der Waals surface area contributed by atoms with Gasteiger partial charge in [-0.1, -0.05) is 0 Å². The Kier molecular flexibility index (Phi) is 2.88. The van der Waals surface area contributed by atoms with Crippen LogP contribution in [0.3, 0.4) is 0 Å². The summed E-state index contributed by atoms with van der Waals surface area (Å²) in [4.78, 5) is 12.5. The summed E-state index contributed by atoms with van der Waals surface area (Å²) < 4.78 is 0. The molecule has 0 aromatic carbocycles. The minimum absolute atomic E-state index is 0.332. The Balaban J connectivity index is 2.13. The number of hydrogen-bond donors (Lipinski definition) is 1. The van der Waals surface area contributed by atoms with Crippen molar-refractivity contribution in [1.29, 1.82) is 0 Å². The molecule has 1 N–H and O–H groups in total. The molecule has 64 valence electrons. The lowest BCUT2D eigenvalue weighted by molar-refractivity contribution is -0.137. The molecule has 0 unspecified atom stereocenters. The van der Waals surface area contributed by atoms with Crippen LogP contribution >= 0.6 is 0 Å². The number of likely N-dealkylation sites (tertiary alicyclic amines) is 1. The maximum atomic E-state index is 10.2. The highest BCUT2D eigenvalue weighted by Gasteiger charge is 2.19. The Labute approximate surface area is 67.0 Å². The molecule has 1 saturated heterocycles. The van der Waals surface area contributed by atoms with Crippen LogP contribution in [-0.4, -0.2) is 36.1 Å². The monoisotopic (exact) mass is 157 g/mol. The molecule has 0 aromatic heterocycles. The third kappa shape index (κ3) is 2.89. The Hall–Kier alpha value is -0.570. The van der Waals surface area contributed by atoms with Gasteiger partial charge >= 0.3 is 5.97 Å². The molecule has 3 heteroatoms. The van der Waals surface area contributed by atoms with Crippen molar-refractivity contribution in [3.05, 3.63) is 0 Å². The maximum Gasteiger partial charge on any atom is 0.303 e. The zero-order chi connectivity index (χ0) is 8.27. The zero-order valence-corrected chi connectivity index (χ0v) is 6.92. The Morgan fingerprint density at radius 2 is 2.45 bits per heavy atom. The molecule has 0 aliphatic carbocycles. The van der Waals surface area contributed by atoms with Crippen LogP contribution in [0.5, 0.6) is 0 Å². The molecule has 1 aliphatic heterocycles. The summed E-state index contributed by atoms with van der Waals surface area (Å²) in [6, 6.07) is 0. The van der Waals surface area contributed by atoms with Gasteiger partial charge in [-0.2, -0.15) is 0 Å². The smallest absolute Gasteiger partial charge is 0.303 e. The summed E-state index contributed by atoms with van der Waals surface area (Å²) in [5, 5.41) is 8.43. The lowest BCUT2D eigenvalue weighted by atomic mass is 10.0. The molecule has 0 radical (unpaired) electrons. The van der Waals surface area contributed by atoms with E-state index in [2.05, 4.69) is 11.9 Å². The number of hydrogen-bond acceptors (Lipinski definition) is 2. The third-order valence-electron chi connectivity index (χ3n) is 2.26. The van der Waals surface area contributed by atoms with E-state index in [1.54, 1.807) is 0 Å². The predicted molar refractivity (Wildman–Crippen MR) is 42.5 cm³/mol. The molecule has 0 saturated carbocycles. The first-order valence-electron chi connectivity index (χ1n) is 4.09. The number of carboxylic acid groups (broad SMARTS) is 1. The van der Waals surface area contributed by atoms with Crippen molar-refractivity contribution in [3.63, 3.8) is 0 Å². The number of nitrogens with zero attached hydrogens (tertiary/aromatic N) is 1. The van der Waals surface area contributed by atoms with E-state index in [4.69, 9.17) is 5.11 Å². The van der Waals surface area contributed by atoms with Crippen molar-refractivity contribution in [3.8, 4) is 0 Å². The number of carbonyl (C=O) groups is 1. The van der Waals surface area contributed by atoms with E-state index in [9.17, 15) is 4.79 Å². The van der Waals surface area contributed by atoms with E-state index in [1.807, 2.05) is 0 Å². The second-order valence-corrected chi connectivity index (χ2v) is 3.35. The lowest BCUT2D eigenvalue weighted by Gasteiger charge is -2.07. The molecule has 0 spiro atoms. The van der Waals surface area contributed by atoms with Gasteiger partial charge in [0.15, 0.2) is 0 Å². The molecule has 1 atom stereocenters. The minimum atomic E-state index is -0.667. The van der Waals surface area contributed by atoms with Gasteiger partial charge in [-0.05, 0) is 32.4 Å². The largest absolute Gasteiger partial charge is 0.481 e. The quantitative estimate of drug-likeness (QED) is 0.658. The summed E-state index contributed by atoms with van der Waals surface area (Å²) in [6.45, 7) is 2.21. The molecule has 11 heavy (non-hydrogen) atoms. The summed E-state index contributed by atoms with van der Waals surface area (Å²) in [6.07, 6.45) is 2.35. The molecule has 1 fully saturated rings. The minimum Gasteiger partial charge on any atom is -0.481 e. The van der Waals surface area contributed by atoms with Crippen molar-refractivity contribution in [1.82, 2.24) is 4.90 Å². The van der Waals surface area contributed by atoms with Crippen LogP contribution in [0.1, 0.15) is 19.3 Å². The Bertz CT molecular complexity index is 147. The van der Waals surface area contributed by atoms with Gasteiger partial charge in [0.05, 0.1) is 0 Å². The third-order valence-corrected chi connectivity index (χ3v) is 2.26. The Morgan fingerprint density at radius 1 is 1.73 bits per heavy atom. The summed E-state index contributed by atoms with van der Waals surface area (Å²) in [5.74, 6) is -0.0457. The van der Waals surface area contributed by atoms with Crippen LogP contribution in [0.25, 0.3) is 0 Å².